The molecule has 0 spiro atoms. The maximum atomic E-state index is 8.52. The Morgan fingerprint density at radius 1 is 0.643 bits per heavy atom. The van der Waals surface area contributed by atoms with Gasteiger partial charge in [0, 0.05) is 19.3 Å². The summed E-state index contributed by atoms with van der Waals surface area (Å²) in [7, 11) is 0. The van der Waals surface area contributed by atoms with Crippen molar-refractivity contribution in [1.82, 2.24) is 40.8 Å². The Kier molecular flexibility index (Phi) is 18.6. The Morgan fingerprint density at radius 3 is 1.18 bits per heavy atom. The van der Waals surface area contributed by atoms with Crippen LogP contribution in [-0.4, -0.2) is 87.6 Å². The number of aryl methyl sites for hydroxylation is 1. The summed E-state index contributed by atoms with van der Waals surface area (Å²) in [6, 6.07) is 1.77. The first kappa shape index (κ1) is 27.4. The monoisotopic (exact) mass is 397 g/mol. The second-order valence-electron chi connectivity index (χ2n) is 4.65. The van der Waals surface area contributed by atoms with Crippen LogP contribution in [0.2, 0.25) is 0 Å². The molecule has 0 atom stereocenters. The Labute approximate surface area is 163 Å². The van der Waals surface area contributed by atoms with Gasteiger partial charge in [0.15, 0.2) is 23.3 Å². The van der Waals surface area contributed by atoms with Crippen molar-refractivity contribution in [3.8, 4) is 6.07 Å². The van der Waals surface area contributed by atoms with Gasteiger partial charge in [0.1, 0.15) is 0 Å². The Balaban J connectivity index is 0. The molecule has 2 aromatic rings. The third-order valence-electron chi connectivity index (χ3n) is 2.41. The largest absolute Gasteiger partial charge is 0.396 e. The number of aromatic nitrogens is 8. The fourth-order valence-electron chi connectivity index (χ4n) is 1.22. The SMILES string of the molecule is C.Cc1nnc(CCO)nn1.N#CCCO.OCCc1nnc(CCO)nn1. The molecule has 4 N–H and O–H groups in total. The zero-order valence-corrected chi connectivity index (χ0v) is 15.0. The normalized spacial score (nSPS) is 9.00. The van der Waals surface area contributed by atoms with E-state index in [1.54, 1.807) is 13.0 Å². The number of aliphatic hydroxyl groups is 4. The molecule has 0 saturated heterocycles. The second kappa shape index (κ2) is 19.0. The highest BCUT2D eigenvalue weighted by molar-refractivity contribution is 4.82. The van der Waals surface area contributed by atoms with Crippen LogP contribution in [0.25, 0.3) is 0 Å². The molecule has 2 aromatic heterocycles. The summed E-state index contributed by atoms with van der Waals surface area (Å²) in [6.45, 7) is 1.71. The van der Waals surface area contributed by atoms with Gasteiger partial charge in [-0.3, -0.25) is 0 Å². The molecule has 13 nitrogen and oxygen atoms in total. The zero-order chi connectivity index (χ0) is 20.3. The van der Waals surface area contributed by atoms with Crippen molar-refractivity contribution in [2.75, 3.05) is 26.4 Å². The lowest BCUT2D eigenvalue weighted by atomic mass is 10.4. The third kappa shape index (κ3) is 14.4. The van der Waals surface area contributed by atoms with E-state index in [-0.39, 0.29) is 40.3 Å². The molecule has 0 bridgehead atoms. The number of nitriles is 1. The first-order chi connectivity index (χ1) is 13.1. The standard InChI is InChI=1S/C6H10N4O2.C5H8N4O.C3H5NO.CH4/c11-3-1-5-7-9-6(2-4-12)10-8-5;1-4-6-8-5(2-3-10)9-7-4;4-2-1-3-5;/h11-12H,1-4H2;10H,2-3H2,1H3;5H,1,3H2;1H4. The van der Waals surface area contributed by atoms with Crippen molar-refractivity contribution in [2.24, 2.45) is 0 Å². The molecule has 2 rings (SSSR count). The van der Waals surface area contributed by atoms with E-state index in [0.717, 1.165) is 0 Å². The van der Waals surface area contributed by atoms with Gasteiger partial charge in [0.05, 0.1) is 38.9 Å². The van der Waals surface area contributed by atoms with E-state index < -0.39 is 0 Å². The molecule has 0 saturated carbocycles. The van der Waals surface area contributed by atoms with Gasteiger partial charge in [-0.1, -0.05) is 7.43 Å². The Bertz CT molecular complexity index is 610. The molecule has 0 aliphatic rings. The molecule has 0 unspecified atom stereocenters. The van der Waals surface area contributed by atoms with Crippen LogP contribution in [0.15, 0.2) is 0 Å². The topological polar surface area (TPSA) is 208 Å². The van der Waals surface area contributed by atoms with Gasteiger partial charge < -0.3 is 20.4 Å². The Morgan fingerprint density at radius 2 is 0.964 bits per heavy atom. The molecule has 0 fully saturated rings. The molecule has 2 heterocycles. The summed E-state index contributed by atoms with van der Waals surface area (Å²) >= 11 is 0. The first-order valence-electron chi connectivity index (χ1n) is 7.99. The number of hydrogen-bond acceptors (Lipinski definition) is 13. The highest BCUT2D eigenvalue weighted by atomic mass is 16.3. The number of rotatable bonds is 7. The lowest BCUT2D eigenvalue weighted by Crippen LogP contribution is -2.08. The molecule has 0 aliphatic heterocycles. The minimum Gasteiger partial charge on any atom is -0.396 e. The maximum absolute atomic E-state index is 8.52. The van der Waals surface area contributed by atoms with E-state index in [1.807, 2.05) is 0 Å². The number of nitrogens with zero attached hydrogens (tertiary/aromatic N) is 9. The maximum Gasteiger partial charge on any atom is 0.175 e. The van der Waals surface area contributed by atoms with E-state index >= 15 is 0 Å². The van der Waals surface area contributed by atoms with Gasteiger partial charge in [-0.25, -0.2) is 0 Å². The van der Waals surface area contributed by atoms with Gasteiger partial charge in [-0.2, -0.15) is 5.26 Å². The zero-order valence-electron chi connectivity index (χ0n) is 15.0. The van der Waals surface area contributed by atoms with E-state index in [1.165, 1.54) is 0 Å². The summed E-state index contributed by atoms with van der Waals surface area (Å²) < 4.78 is 0. The summed E-state index contributed by atoms with van der Waals surface area (Å²) in [5.74, 6) is 1.85. The van der Waals surface area contributed by atoms with Crippen LogP contribution in [-0.2, 0) is 19.3 Å². The predicted octanol–water partition coefficient (Wildman–Crippen LogP) is -2.03. The fraction of sp³-hybridized carbons (Fsp3) is 0.667. The van der Waals surface area contributed by atoms with Crippen LogP contribution in [0, 0.1) is 18.3 Å². The van der Waals surface area contributed by atoms with E-state index in [4.69, 9.17) is 25.7 Å². The van der Waals surface area contributed by atoms with E-state index in [2.05, 4.69) is 40.8 Å². The van der Waals surface area contributed by atoms with Gasteiger partial charge in [0.2, 0.25) is 0 Å². The summed E-state index contributed by atoms with van der Waals surface area (Å²) in [5.41, 5.74) is 0. The third-order valence-corrected chi connectivity index (χ3v) is 2.41. The average molecular weight is 397 g/mol. The smallest absolute Gasteiger partial charge is 0.175 e. The molecule has 0 aliphatic carbocycles. The highest BCUT2D eigenvalue weighted by Gasteiger charge is 1.99. The summed E-state index contributed by atoms with van der Waals surface area (Å²) in [6.07, 6.45) is 1.39. The number of hydrogen-bond donors (Lipinski definition) is 4. The molecule has 0 aromatic carbocycles. The summed E-state index contributed by atoms with van der Waals surface area (Å²) in [5, 5.41) is 70.5. The molecular formula is C15H27N9O4. The Hall–Kier alpha value is -2.79. The van der Waals surface area contributed by atoms with Crippen molar-refractivity contribution < 1.29 is 20.4 Å². The van der Waals surface area contributed by atoms with Crippen LogP contribution in [0.5, 0.6) is 0 Å². The van der Waals surface area contributed by atoms with Crippen molar-refractivity contribution in [2.45, 2.75) is 40.0 Å². The predicted molar refractivity (Wildman–Crippen MR) is 96.4 cm³/mol. The summed E-state index contributed by atoms with van der Waals surface area (Å²) in [4.78, 5) is 0. The van der Waals surface area contributed by atoms with E-state index in [9.17, 15) is 0 Å². The average Bonchev–Trinajstić information content (AvgIpc) is 2.68. The molecule has 28 heavy (non-hydrogen) atoms. The van der Waals surface area contributed by atoms with E-state index in [0.29, 0.717) is 42.6 Å². The van der Waals surface area contributed by atoms with Gasteiger partial charge in [-0.15, -0.1) is 40.8 Å². The fourth-order valence-corrected chi connectivity index (χ4v) is 1.22. The van der Waals surface area contributed by atoms with Gasteiger partial charge in [-0.05, 0) is 6.92 Å². The van der Waals surface area contributed by atoms with Crippen LogP contribution in [0.1, 0.15) is 37.1 Å². The molecule has 13 heteroatoms. The van der Waals surface area contributed by atoms with Crippen molar-refractivity contribution in [3.05, 3.63) is 23.3 Å². The molecule has 0 amide bonds. The van der Waals surface area contributed by atoms with Crippen molar-refractivity contribution >= 4 is 0 Å². The number of aliphatic hydroxyl groups excluding tert-OH is 4. The molecule has 156 valence electrons. The highest BCUT2D eigenvalue weighted by Crippen LogP contribution is 1.88. The van der Waals surface area contributed by atoms with Crippen molar-refractivity contribution in [1.29, 1.82) is 5.26 Å². The van der Waals surface area contributed by atoms with Crippen LogP contribution in [0.4, 0.5) is 0 Å². The second-order valence-corrected chi connectivity index (χ2v) is 4.65. The minimum atomic E-state index is -0.0174. The lowest BCUT2D eigenvalue weighted by molar-refractivity contribution is 0.290. The van der Waals surface area contributed by atoms with Crippen LogP contribution in [0.3, 0.4) is 0 Å². The van der Waals surface area contributed by atoms with Crippen molar-refractivity contribution in [3.63, 3.8) is 0 Å². The first-order valence-corrected chi connectivity index (χ1v) is 7.99. The van der Waals surface area contributed by atoms with Crippen LogP contribution < -0.4 is 0 Å². The minimum absolute atomic E-state index is 0. The van der Waals surface area contributed by atoms with Gasteiger partial charge >= 0.3 is 0 Å². The quantitative estimate of drug-likeness (QED) is 0.398. The molecule has 0 radical (unpaired) electrons. The molecular weight excluding hydrogens is 370 g/mol. The lowest BCUT2D eigenvalue weighted by Gasteiger charge is -1.95. The van der Waals surface area contributed by atoms with Gasteiger partial charge in [0.25, 0.3) is 0 Å². The van der Waals surface area contributed by atoms with Crippen LogP contribution >= 0.6 is 0 Å².